The Morgan fingerprint density at radius 2 is 2.04 bits per heavy atom. The Hall–Kier alpha value is -2.43. The molecule has 142 valence electrons. The summed E-state index contributed by atoms with van der Waals surface area (Å²) >= 11 is 6.15. The number of amides is 1. The van der Waals surface area contributed by atoms with Crippen molar-refractivity contribution in [2.24, 2.45) is 0 Å². The van der Waals surface area contributed by atoms with Gasteiger partial charge in [-0.1, -0.05) is 46.3 Å². The Morgan fingerprint density at radius 1 is 1.25 bits per heavy atom. The zero-order valence-corrected chi connectivity index (χ0v) is 17.9. The molecule has 0 saturated heterocycles. The lowest BCUT2D eigenvalue weighted by Crippen LogP contribution is -2.27. The van der Waals surface area contributed by atoms with Crippen LogP contribution in [0, 0.1) is 0 Å². The van der Waals surface area contributed by atoms with Gasteiger partial charge in [0.1, 0.15) is 16.4 Å². The Bertz CT molecular complexity index is 1210. The summed E-state index contributed by atoms with van der Waals surface area (Å²) in [5.41, 5.74) is 1.50. The number of nitrogens with zero attached hydrogens (tertiary/aromatic N) is 4. The number of aryl methyl sites for hydroxylation is 1. The van der Waals surface area contributed by atoms with Crippen LogP contribution in [-0.2, 0) is 17.8 Å². The van der Waals surface area contributed by atoms with E-state index in [1.165, 1.54) is 33.6 Å². The van der Waals surface area contributed by atoms with E-state index >= 15 is 0 Å². The van der Waals surface area contributed by atoms with Crippen LogP contribution in [0.1, 0.15) is 11.9 Å². The molecule has 10 heteroatoms. The zero-order valence-electron chi connectivity index (χ0n) is 14.7. The van der Waals surface area contributed by atoms with E-state index in [1.807, 2.05) is 36.6 Å². The van der Waals surface area contributed by atoms with Crippen molar-refractivity contribution in [1.82, 2.24) is 19.7 Å². The molecule has 0 spiro atoms. The molecule has 28 heavy (non-hydrogen) atoms. The minimum atomic E-state index is -0.345. The molecule has 4 rings (SSSR count). The fourth-order valence-corrected chi connectivity index (χ4v) is 4.55. The average Bonchev–Trinajstić information content (AvgIpc) is 3.32. The van der Waals surface area contributed by atoms with Crippen molar-refractivity contribution in [3.63, 3.8) is 0 Å². The molecule has 0 unspecified atom stereocenters. The summed E-state index contributed by atoms with van der Waals surface area (Å²) in [7, 11) is 0. The van der Waals surface area contributed by atoms with Crippen molar-refractivity contribution in [3.8, 4) is 11.1 Å². The number of benzene rings is 1. The van der Waals surface area contributed by atoms with Gasteiger partial charge < -0.3 is 0 Å². The van der Waals surface area contributed by atoms with Gasteiger partial charge in [0, 0.05) is 15.4 Å². The zero-order chi connectivity index (χ0) is 19.7. The summed E-state index contributed by atoms with van der Waals surface area (Å²) in [6.07, 6.45) is 2.16. The Kier molecular flexibility index (Phi) is 5.33. The van der Waals surface area contributed by atoms with E-state index in [-0.39, 0.29) is 18.0 Å². The standard InChI is InChI=1S/C18H14BrN5O2S2/c1-2-14-22-23-18(28-14)21-13(25)7-24-9-20-16-15(17(24)26)12(8-27-16)10-3-5-11(19)6-4-10/h3-6,8-9H,2,7H2,1H3,(H,21,23,25). The first-order chi connectivity index (χ1) is 13.5. The molecule has 0 bridgehead atoms. The van der Waals surface area contributed by atoms with Crippen LogP contribution in [0.4, 0.5) is 5.13 Å². The SMILES string of the molecule is CCc1nnc(NC(=O)Cn2cnc3scc(-c4ccc(Br)cc4)c3c2=O)s1. The minimum Gasteiger partial charge on any atom is -0.299 e. The van der Waals surface area contributed by atoms with Gasteiger partial charge >= 0.3 is 0 Å². The highest BCUT2D eigenvalue weighted by atomic mass is 79.9. The normalized spacial score (nSPS) is 11.1. The summed E-state index contributed by atoms with van der Waals surface area (Å²) in [6.45, 7) is 1.83. The minimum absolute atomic E-state index is 0.140. The molecule has 4 aromatic rings. The quantitative estimate of drug-likeness (QED) is 0.471. The molecule has 0 aliphatic heterocycles. The van der Waals surface area contributed by atoms with E-state index in [1.54, 1.807) is 0 Å². The molecule has 0 aliphatic carbocycles. The van der Waals surface area contributed by atoms with Crippen molar-refractivity contribution in [3.05, 3.63) is 55.8 Å². The number of rotatable bonds is 5. The summed E-state index contributed by atoms with van der Waals surface area (Å²) in [6, 6.07) is 7.73. The number of carbonyl (C=O) groups excluding carboxylic acids is 1. The second kappa shape index (κ2) is 7.90. The molecule has 0 atom stereocenters. The fraction of sp³-hybridized carbons (Fsp3) is 0.167. The highest BCUT2D eigenvalue weighted by Gasteiger charge is 2.15. The highest BCUT2D eigenvalue weighted by molar-refractivity contribution is 9.10. The van der Waals surface area contributed by atoms with Gasteiger partial charge in [-0.15, -0.1) is 21.5 Å². The lowest BCUT2D eigenvalue weighted by molar-refractivity contribution is -0.116. The van der Waals surface area contributed by atoms with Gasteiger partial charge in [-0.2, -0.15) is 0 Å². The molecule has 1 amide bonds. The largest absolute Gasteiger partial charge is 0.299 e. The van der Waals surface area contributed by atoms with Crippen LogP contribution in [-0.4, -0.2) is 25.7 Å². The van der Waals surface area contributed by atoms with Crippen LogP contribution in [0.25, 0.3) is 21.3 Å². The molecule has 1 N–H and O–H groups in total. The van der Waals surface area contributed by atoms with E-state index in [2.05, 4.69) is 36.4 Å². The van der Waals surface area contributed by atoms with Crippen molar-refractivity contribution in [1.29, 1.82) is 0 Å². The molecule has 0 saturated carbocycles. The molecule has 1 aromatic carbocycles. The number of nitrogens with one attached hydrogen (secondary N) is 1. The highest BCUT2D eigenvalue weighted by Crippen LogP contribution is 2.31. The van der Waals surface area contributed by atoms with Crippen molar-refractivity contribution in [2.75, 3.05) is 5.32 Å². The third kappa shape index (κ3) is 3.75. The summed E-state index contributed by atoms with van der Waals surface area (Å²) < 4.78 is 2.28. The molecule has 7 nitrogen and oxygen atoms in total. The number of hydrogen-bond donors (Lipinski definition) is 1. The third-order valence-corrected chi connectivity index (χ3v) is 6.44. The van der Waals surface area contributed by atoms with E-state index in [4.69, 9.17) is 0 Å². The van der Waals surface area contributed by atoms with E-state index < -0.39 is 0 Å². The van der Waals surface area contributed by atoms with Crippen molar-refractivity contribution < 1.29 is 4.79 Å². The van der Waals surface area contributed by atoms with E-state index in [0.29, 0.717) is 15.3 Å². The molecule has 3 aromatic heterocycles. The van der Waals surface area contributed by atoms with Crippen molar-refractivity contribution in [2.45, 2.75) is 19.9 Å². The van der Waals surface area contributed by atoms with Crippen LogP contribution < -0.4 is 10.9 Å². The summed E-state index contributed by atoms with van der Waals surface area (Å²) in [5.74, 6) is -0.345. The first-order valence-corrected chi connectivity index (χ1v) is 10.9. The van der Waals surface area contributed by atoms with Crippen LogP contribution in [0.2, 0.25) is 0 Å². The number of anilines is 1. The number of aromatic nitrogens is 4. The van der Waals surface area contributed by atoms with Gasteiger partial charge in [0.25, 0.3) is 5.56 Å². The maximum absolute atomic E-state index is 13.0. The van der Waals surface area contributed by atoms with Crippen LogP contribution in [0.5, 0.6) is 0 Å². The predicted molar refractivity (Wildman–Crippen MR) is 115 cm³/mol. The second-order valence-corrected chi connectivity index (χ2v) is 8.75. The smallest absolute Gasteiger partial charge is 0.263 e. The van der Waals surface area contributed by atoms with Crippen LogP contribution in [0.15, 0.2) is 45.2 Å². The Balaban J connectivity index is 1.63. The monoisotopic (exact) mass is 475 g/mol. The van der Waals surface area contributed by atoms with Gasteiger partial charge in [0.15, 0.2) is 0 Å². The van der Waals surface area contributed by atoms with Gasteiger partial charge in [-0.3, -0.25) is 19.5 Å². The van der Waals surface area contributed by atoms with E-state index in [9.17, 15) is 9.59 Å². The Labute approximate surface area is 176 Å². The molecule has 0 aliphatic rings. The molecular weight excluding hydrogens is 462 g/mol. The summed E-state index contributed by atoms with van der Waals surface area (Å²) in [4.78, 5) is 30.3. The topological polar surface area (TPSA) is 89.8 Å². The average molecular weight is 476 g/mol. The van der Waals surface area contributed by atoms with Crippen LogP contribution >= 0.6 is 38.6 Å². The number of halogens is 1. The fourth-order valence-electron chi connectivity index (χ4n) is 2.68. The molecular formula is C18H14BrN5O2S2. The first kappa shape index (κ1) is 18.9. The summed E-state index contributed by atoms with van der Waals surface area (Å²) in [5, 5.41) is 14.3. The maximum atomic E-state index is 13.0. The maximum Gasteiger partial charge on any atom is 0.263 e. The number of carbonyl (C=O) groups is 1. The second-order valence-electron chi connectivity index (χ2n) is 5.92. The molecule has 0 radical (unpaired) electrons. The number of fused-ring (bicyclic) bond motifs is 1. The lowest BCUT2D eigenvalue weighted by Gasteiger charge is -2.06. The van der Waals surface area contributed by atoms with Gasteiger partial charge in [0.05, 0.1) is 11.7 Å². The first-order valence-electron chi connectivity index (χ1n) is 8.40. The van der Waals surface area contributed by atoms with Gasteiger partial charge in [0.2, 0.25) is 11.0 Å². The van der Waals surface area contributed by atoms with Gasteiger partial charge in [-0.05, 0) is 24.1 Å². The molecule has 0 fully saturated rings. The van der Waals surface area contributed by atoms with Gasteiger partial charge in [-0.25, -0.2) is 4.98 Å². The molecule has 3 heterocycles. The number of hydrogen-bond acceptors (Lipinski definition) is 7. The lowest BCUT2D eigenvalue weighted by atomic mass is 10.1. The van der Waals surface area contributed by atoms with E-state index in [0.717, 1.165) is 27.0 Å². The van der Waals surface area contributed by atoms with Crippen LogP contribution in [0.3, 0.4) is 0 Å². The number of thiophene rings is 1. The van der Waals surface area contributed by atoms with Crippen molar-refractivity contribution >= 4 is 59.9 Å². The Morgan fingerprint density at radius 3 is 2.75 bits per heavy atom. The predicted octanol–water partition coefficient (Wildman–Crippen LogP) is 3.94. The third-order valence-electron chi connectivity index (χ3n) is 4.05.